The average molecular weight is 504 g/mol. The van der Waals surface area contributed by atoms with Gasteiger partial charge in [-0.1, -0.05) is 24.4 Å². The number of nitrogens with zero attached hydrogens (tertiary/aromatic N) is 1. The van der Waals surface area contributed by atoms with Gasteiger partial charge in [0.15, 0.2) is 0 Å². The van der Waals surface area contributed by atoms with Crippen LogP contribution in [0.2, 0.25) is 5.02 Å². The molecular weight excluding hydrogens is 488 g/mol. The highest BCUT2D eigenvalue weighted by Crippen LogP contribution is 2.43. The number of ether oxygens (including phenoxy) is 1. The first kappa shape index (κ1) is 21.1. The van der Waals surface area contributed by atoms with Crippen molar-refractivity contribution in [1.82, 2.24) is 4.72 Å². The molecular formula is C18H16BrClN2O4S2. The molecule has 0 bridgehead atoms. The SMILES string of the molecule is COc1cc(C2(C#N)CCCC2)cc(Cl)c1C(=O)NS(=O)(=O)c1ccc(Br)s1. The second kappa shape index (κ2) is 8.03. The van der Waals surface area contributed by atoms with Crippen LogP contribution < -0.4 is 9.46 Å². The number of halogens is 2. The summed E-state index contributed by atoms with van der Waals surface area (Å²) in [6, 6.07) is 8.50. The molecule has 0 spiro atoms. The Hall–Kier alpha value is -1.60. The summed E-state index contributed by atoms with van der Waals surface area (Å²) >= 11 is 10.5. The predicted molar refractivity (Wildman–Crippen MR) is 110 cm³/mol. The van der Waals surface area contributed by atoms with Gasteiger partial charge in [0, 0.05) is 0 Å². The summed E-state index contributed by atoms with van der Waals surface area (Å²) in [4.78, 5) is 12.7. The van der Waals surface area contributed by atoms with Crippen LogP contribution in [0.15, 0.2) is 32.3 Å². The lowest BCUT2D eigenvalue weighted by molar-refractivity contribution is 0.0978. The fourth-order valence-corrected chi connectivity index (χ4v) is 6.61. The van der Waals surface area contributed by atoms with Crippen LogP contribution in [-0.4, -0.2) is 21.4 Å². The van der Waals surface area contributed by atoms with Gasteiger partial charge in [0.2, 0.25) is 0 Å². The fourth-order valence-electron chi connectivity index (χ4n) is 3.35. The third-order valence-corrected chi connectivity index (χ3v) is 8.51. The van der Waals surface area contributed by atoms with Crippen molar-refractivity contribution in [1.29, 1.82) is 5.26 Å². The molecule has 6 nitrogen and oxygen atoms in total. The van der Waals surface area contributed by atoms with Crippen molar-refractivity contribution in [3.63, 3.8) is 0 Å². The highest BCUT2D eigenvalue weighted by atomic mass is 79.9. The maximum absolute atomic E-state index is 12.7. The summed E-state index contributed by atoms with van der Waals surface area (Å²) in [5.74, 6) is -0.764. The number of hydrogen-bond donors (Lipinski definition) is 1. The molecule has 0 atom stereocenters. The van der Waals surface area contributed by atoms with Crippen LogP contribution in [0, 0.1) is 11.3 Å². The fraction of sp³-hybridized carbons (Fsp3) is 0.333. The lowest BCUT2D eigenvalue weighted by Crippen LogP contribution is -2.31. The molecule has 0 aliphatic heterocycles. The van der Waals surface area contributed by atoms with E-state index in [4.69, 9.17) is 16.3 Å². The van der Waals surface area contributed by atoms with Crippen LogP contribution in [0.1, 0.15) is 41.6 Å². The van der Waals surface area contributed by atoms with Gasteiger partial charge in [-0.25, -0.2) is 13.1 Å². The number of methoxy groups -OCH3 is 1. The summed E-state index contributed by atoms with van der Waals surface area (Å²) < 4.78 is 32.8. The van der Waals surface area contributed by atoms with Crippen LogP contribution in [0.3, 0.4) is 0 Å². The first-order valence-electron chi connectivity index (χ1n) is 8.34. The van der Waals surface area contributed by atoms with Gasteiger partial charge in [0.25, 0.3) is 15.9 Å². The zero-order chi connectivity index (χ0) is 20.5. The van der Waals surface area contributed by atoms with E-state index < -0.39 is 21.3 Å². The van der Waals surface area contributed by atoms with Gasteiger partial charge in [-0.3, -0.25) is 4.79 Å². The topological polar surface area (TPSA) is 96.3 Å². The zero-order valence-electron chi connectivity index (χ0n) is 14.8. The number of nitriles is 1. The first-order valence-corrected chi connectivity index (χ1v) is 11.8. The average Bonchev–Trinajstić information content (AvgIpc) is 3.30. The molecule has 0 unspecified atom stereocenters. The molecule has 10 heteroatoms. The third-order valence-electron chi connectivity index (χ3n) is 4.77. The van der Waals surface area contributed by atoms with Gasteiger partial charge in [-0.15, -0.1) is 11.3 Å². The molecule has 148 valence electrons. The Bertz CT molecular complexity index is 1070. The molecule has 1 aliphatic carbocycles. The Labute approximate surface area is 180 Å². The van der Waals surface area contributed by atoms with Crippen LogP contribution in [0.25, 0.3) is 0 Å². The van der Waals surface area contributed by atoms with Crippen molar-refractivity contribution >= 4 is 54.8 Å². The summed E-state index contributed by atoms with van der Waals surface area (Å²) in [6.07, 6.45) is 3.28. The quantitative estimate of drug-likeness (QED) is 0.642. The predicted octanol–water partition coefficient (Wildman–Crippen LogP) is 4.63. The Kier molecular flexibility index (Phi) is 6.05. The van der Waals surface area contributed by atoms with Gasteiger partial charge < -0.3 is 4.74 Å². The molecule has 1 aliphatic rings. The van der Waals surface area contributed by atoms with Crippen molar-refractivity contribution in [2.24, 2.45) is 0 Å². The summed E-state index contributed by atoms with van der Waals surface area (Å²) in [5.41, 5.74) is -0.0736. The first-order chi connectivity index (χ1) is 13.2. The third kappa shape index (κ3) is 3.92. The van der Waals surface area contributed by atoms with Crippen LogP contribution in [-0.2, 0) is 15.4 Å². The van der Waals surface area contributed by atoms with Gasteiger partial charge in [-0.2, -0.15) is 5.26 Å². The Balaban J connectivity index is 1.98. The van der Waals surface area contributed by atoms with Crippen molar-refractivity contribution in [3.8, 4) is 11.8 Å². The van der Waals surface area contributed by atoms with E-state index >= 15 is 0 Å². The molecule has 1 aromatic heterocycles. The van der Waals surface area contributed by atoms with E-state index in [1.165, 1.54) is 13.2 Å². The molecule has 1 fully saturated rings. The van der Waals surface area contributed by atoms with E-state index in [0.717, 1.165) is 24.2 Å². The second-order valence-electron chi connectivity index (χ2n) is 6.43. The molecule has 1 amide bonds. The minimum Gasteiger partial charge on any atom is -0.496 e. The van der Waals surface area contributed by atoms with E-state index in [0.29, 0.717) is 22.2 Å². The molecule has 1 saturated carbocycles. The number of nitrogens with one attached hydrogen (secondary N) is 1. The highest BCUT2D eigenvalue weighted by Gasteiger charge is 2.37. The summed E-state index contributed by atoms with van der Waals surface area (Å²) in [6.45, 7) is 0. The minimum atomic E-state index is -4.05. The molecule has 1 N–H and O–H groups in total. The smallest absolute Gasteiger partial charge is 0.273 e. The number of carbonyl (C=O) groups excluding carboxylic acids is 1. The van der Waals surface area contributed by atoms with Crippen molar-refractivity contribution in [2.45, 2.75) is 35.3 Å². The minimum absolute atomic E-state index is 0.00572. The van der Waals surface area contributed by atoms with E-state index in [9.17, 15) is 18.5 Å². The maximum atomic E-state index is 12.7. The van der Waals surface area contributed by atoms with E-state index in [1.54, 1.807) is 18.2 Å². The number of sulfonamides is 1. The van der Waals surface area contributed by atoms with E-state index in [-0.39, 0.29) is 20.5 Å². The van der Waals surface area contributed by atoms with Gasteiger partial charge in [0.1, 0.15) is 15.5 Å². The monoisotopic (exact) mass is 502 g/mol. The molecule has 2 aromatic rings. The Morgan fingerprint density at radius 3 is 2.57 bits per heavy atom. The normalized spacial score (nSPS) is 15.8. The number of thiophene rings is 1. The van der Waals surface area contributed by atoms with Crippen LogP contribution in [0.5, 0.6) is 5.75 Å². The standard InChI is InChI=1S/C18H16BrClN2O4S2/c1-26-13-9-11(18(10-21)6-2-3-7-18)8-12(20)16(13)17(23)22-28(24,25)15-5-4-14(19)27-15/h4-5,8-9H,2-3,6-7H2,1H3,(H,22,23). The van der Waals surface area contributed by atoms with Crippen molar-refractivity contribution in [3.05, 3.63) is 44.2 Å². The van der Waals surface area contributed by atoms with Crippen LogP contribution in [0.4, 0.5) is 0 Å². The molecule has 3 rings (SSSR count). The number of amides is 1. The van der Waals surface area contributed by atoms with E-state index in [1.807, 2.05) is 4.72 Å². The maximum Gasteiger partial charge on any atom is 0.273 e. The van der Waals surface area contributed by atoms with Crippen molar-refractivity contribution < 1.29 is 17.9 Å². The Morgan fingerprint density at radius 1 is 1.36 bits per heavy atom. The van der Waals surface area contributed by atoms with Crippen molar-refractivity contribution in [2.75, 3.05) is 7.11 Å². The lowest BCUT2D eigenvalue weighted by atomic mass is 9.80. The number of hydrogen-bond acceptors (Lipinski definition) is 6. The summed E-state index contributed by atoms with van der Waals surface area (Å²) in [7, 11) is -2.68. The van der Waals surface area contributed by atoms with Crippen LogP contribution >= 0.6 is 38.9 Å². The number of rotatable bonds is 5. The largest absolute Gasteiger partial charge is 0.496 e. The molecule has 0 radical (unpaired) electrons. The van der Waals surface area contributed by atoms with Gasteiger partial charge in [0.05, 0.1) is 27.4 Å². The molecule has 1 aromatic carbocycles. The highest BCUT2D eigenvalue weighted by molar-refractivity contribution is 9.11. The lowest BCUT2D eigenvalue weighted by Gasteiger charge is -2.23. The zero-order valence-corrected chi connectivity index (χ0v) is 18.8. The number of carbonyl (C=O) groups is 1. The molecule has 1 heterocycles. The molecule has 0 saturated heterocycles. The Morgan fingerprint density at radius 2 is 2.04 bits per heavy atom. The van der Waals surface area contributed by atoms with Gasteiger partial charge in [-0.05, 0) is 58.6 Å². The molecule has 28 heavy (non-hydrogen) atoms. The summed E-state index contributed by atoms with van der Waals surface area (Å²) in [5, 5.41) is 9.73. The number of benzene rings is 1. The second-order valence-corrected chi connectivity index (χ2v) is 11.2. The van der Waals surface area contributed by atoms with Gasteiger partial charge >= 0.3 is 0 Å². The van der Waals surface area contributed by atoms with E-state index in [2.05, 4.69) is 22.0 Å².